The van der Waals surface area contributed by atoms with Crippen LogP contribution in [0.25, 0.3) is 0 Å². The highest BCUT2D eigenvalue weighted by atomic mass is 16.3. The van der Waals surface area contributed by atoms with Crippen LogP contribution in [0.15, 0.2) is 33.5 Å². The molecular weight excluding hydrogens is 192 g/mol. The molecule has 0 radical (unpaired) electrons. The van der Waals surface area contributed by atoms with Crippen molar-refractivity contribution in [1.29, 1.82) is 0 Å². The van der Waals surface area contributed by atoms with Gasteiger partial charge in [-0.3, -0.25) is 0 Å². The van der Waals surface area contributed by atoms with Crippen LogP contribution in [-0.2, 0) is 19.5 Å². The van der Waals surface area contributed by atoms with Crippen molar-refractivity contribution in [2.75, 3.05) is 0 Å². The maximum Gasteiger partial charge on any atom is 0.120 e. The lowest BCUT2D eigenvalue weighted by atomic mass is 10.1. The van der Waals surface area contributed by atoms with Gasteiger partial charge in [-0.1, -0.05) is 0 Å². The number of hydrogen-bond acceptors (Lipinski definition) is 4. The fourth-order valence-electron chi connectivity index (χ4n) is 1.61. The van der Waals surface area contributed by atoms with E-state index in [-0.39, 0.29) is 0 Å². The Bertz CT molecular complexity index is 391. The van der Waals surface area contributed by atoms with Crippen LogP contribution >= 0.6 is 0 Å². The molecule has 2 rings (SSSR count). The van der Waals surface area contributed by atoms with Crippen molar-refractivity contribution in [3.05, 3.63) is 47.3 Å². The lowest BCUT2D eigenvalue weighted by Crippen LogP contribution is -2.02. The highest BCUT2D eigenvalue weighted by Gasteiger charge is 2.09. The second kappa shape index (κ2) is 4.33. The van der Waals surface area contributed by atoms with Gasteiger partial charge in [-0.15, -0.1) is 0 Å². The summed E-state index contributed by atoms with van der Waals surface area (Å²) in [5.74, 6) is 1.64. The molecule has 2 aromatic rings. The minimum absolute atomic E-state index is 0.415. The van der Waals surface area contributed by atoms with Crippen LogP contribution < -0.4 is 11.5 Å². The summed E-state index contributed by atoms with van der Waals surface area (Å²) in [6.07, 6.45) is 4.06. The van der Waals surface area contributed by atoms with Gasteiger partial charge in [0.25, 0.3) is 0 Å². The first-order chi connectivity index (χ1) is 7.35. The molecule has 0 amide bonds. The maximum absolute atomic E-state index is 5.55. The molecule has 0 bridgehead atoms. The lowest BCUT2D eigenvalue weighted by molar-refractivity contribution is 0.504. The summed E-state index contributed by atoms with van der Waals surface area (Å²) in [5.41, 5.74) is 13.3. The molecule has 0 fully saturated rings. The van der Waals surface area contributed by atoms with Crippen LogP contribution in [-0.4, -0.2) is 0 Å². The van der Waals surface area contributed by atoms with E-state index in [1.165, 1.54) is 0 Å². The van der Waals surface area contributed by atoms with E-state index in [0.29, 0.717) is 13.1 Å². The average Bonchev–Trinajstić information content (AvgIpc) is 2.87. The summed E-state index contributed by atoms with van der Waals surface area (Å²) in [6, 6.07) is 3.85. The first-order valence-electron chi connectivity index (χ1n) is 4.85. The van der Waals surface area contributed by atoms with Crippen molar-refractivity contribution in [2.24, 2.45) is 11.5 Å². The van der Waals surface area contributed by atoms with Crippen LogP contribution in [0, 0.1) is 0 Å². The molecule has 0 spiro atoms. The van der Waals surface area contributed by atoms with Crippen LogP contribution in [0.1, 0.15) is 22.6 Å². The largest absolute Gasteiger partial charge is 0.468 e. The van der Waals surface area contributed by atoms with Gasteiger partial charge >= 0.3 is 0 Å². The second-order valence-corrected chi connectivity index (χ2v) is 3.32. The Hall–Kier alpha value is -1.52. The molecule has 80 valence electrons. The molecule has 0 aliphatic rings. The molecule has 4 heteroatoms. The van der Waals surface area contributed by atoms with Gasteiger partial charge in [0, 0.05) is 6.42 Å². The number of nitrogens with two attached hydrogens (primary N) is 2. The van der Waals surface area contributed by atoms with Crippen LogP contribution in [0.2, 0.25) is 0 Å². The minimum Gasteiger partial charge on any atom is -0.468 e. The minimum atomic E-state index is 0.415. The molecule has 0 aliphatic heterocycles. The molecule has 15 heavy (non-hydrogen) atoms. The molecule has 2 aromatic heterocycles. The van der Waals surface area contributed by atoms with Crippen molar-refractivity contribution < 1.29 is 8.83 Å². The number of rotatable bonds is 4. The van der Waals surface area contributed by atoms with E-state index in [1.54, 1.807) is 12.5 Å². The van der Waals surface area contributed by atoms with Crippen LogP contribution in [0.3, 0.4) is 0 Å². The second-order valence-electron chi connectivity index (χ2n) is 3.32. The maximum atomic E-state index is 5.55. The molecule has 0 aromatic carbocycles. The molecular formula is C11H14N2O2. The van der Waals surface area contributed by atoms with Gasteiger partial charge in [-0.25, -0.2) is 0 Å². The molecule has 4 nitrogen and oxygen atoms in total. The smallest absolute Gasteiger partial charge is 0.120 e. The van der Waals surface area contributed by atoms with E-state index in [0.717, 1.165) is 29.1 Å². The predicted octanol–water partition coefficient (Wildman–Crippen LogP) is 1.38. The summed E-state index contributed by atoms with van der Waals surface area (Å²) in [4.78, 5) is 0. The third-order valence-electron chi connectivity index (χ3n) is 2.43. The van der Waals surface area contributed by atoms with Gasteiger partial charge in [0.1, 0.15) is 11.5 Å². The van der Waals surface area contributed by atoms with Gasteiger partial charge in [-0.2, -0.15) is 0 Å². The Morgan fingerprint density at radius 2 is 1.33 bits per heavy atom. The van der Waals surface area contributed by atoms with Crippen LogP contribution in [0.4, 0.5) is 0 Å². The molecule has 0 saturated heterocycles. The van der Waals surface area contributed by atoms with Crippen molar-refractivity contribution in [2.45, 2.75) is 19.5 Å². The zero-order valence-corrected chi connectivity index (χ0v) is 8.40. The summed E-state index contributed by atoms with van der Waals surface area (Å²) in [5, 5.41) is 0. The molecule has 0 unspecified atom stereocenters. The number of hydrogen-bond donors (Lipinski definition) is 2. The Morgan fingerprint density at radius 3 is 1.73 bits per heavy atom. The van der Waals surface area contributed by atoms with Gasteiger partial charge in [0.05, 0.1) is 25.6 Å². The Kier molecular flexibility index (Phi) is 2.89. The average molecular weight is 206 g/mol. The van der Waals surface area contributed by atoms with Gasteiger partial charge < -0.3 is 20.3 Å². The van der Waals surface area contributed by atoms with Crippen molar-refractivity contribution in [3.63, 3.8) is 0 Å². The fraction of sp³-hybridized carbons (Fsp3) is 0.273. The standard InChI is InChI=1S/C11H14N2O2/c12-6-10-8(1-3-14-10)5-9-2-4-15-11(9)7-13/h1-4H,5-7,12-13H2. The Balaban J connectivity index is 2.21. The quantitative estimate of drug-likeness (QED) is 0.792. The lowest BCUT2D eigenvalue weighted by Gasteiger charge is -2.00. The summed E-state index contributed by atoms with van der Waals surface area (Å²) < 4.78 is 10.5. The molecule has 0 aliphatic carbocycles. The molecule has 2 heterocycles. The van der Waals surface area contributed by atoms with Crippen LogP contribution in [0.5, 0.6) is 0 Å². The Labute approximate surface area is 87.9 Å². The van der Waals surface area contributed by atoms with E-state index >= 15 is 0 Å². The van der Waals surface area contributed by atoms with E-state index in [9.17, 15) is 0 Å². The monoisotopic (exact) mass is 206 g/mol. The molecule has 4 N–H and O–H groups in total. The Morgan fingerprint density at radius 1 is 0.867 bits per heavy atom. The molecule has 0 saturated carbocycles. The summed E-state index contributed by atoms with van der Waals surface area (Å²) in [6.45, 7) is 0.830. The highest BCUT2D eigenvalue weighted by Crippen LogP contribution is 2.18. The van der Waals surface area contributed by atoms with Crippen molar-refractivity contribution >= 4 is 0 Å². The van der Waals surface area contributed by atoms with Gasteiger partial charge in [0.2, 0.25) is 0 Å². The summed E-state index contributed by atoms with van der Waals surface area (Å²) in [7, 11) is 0. The zero-order valence-electron chi connectivity index (χ0n) is 8.40. The van der Waals surface area contributed by atoms with E-state index in [2.05, 4.69) is 0 Å². The topological polar surface area (TPSA) is 78.3 Å². The normalized spacial score (nSPS) is 10.8. The first kappa shape index (κ1) is 10.0. The van der Waals surface area contributed by atoms with Crippen molar-refractivity contribution in [3.8, 4) is 0 Å². The first-order valence-corrected chi connectivity index (χ1v) is 4.85. The molecule has 0 atom stereocenters. The number of furan rings is 2. The zero-order chi connectivity index (χ0) is 10.7. The van der Waals surface area contributed by atoms with E-state index in [4.69, 9.17) is 20.3 Å². The fourth-order valence-corrected chi connectivity index (χ4v) is 1.61. The third kappa shape index (κ3) is 1.95. The van der Waals surface area contributed by atoms with Crippen molar-refractivity contribution in [1.82, 2.24) is 0 Å². The highest BCUT2D eigenvalue weighted by molar-refractivity contribution is 5.28. The third-order valence-corrected chi connectivity index (χ3v) is 2.43. The SMILES string of the molecule is NCc1occc1Cc1ccoc1CN. The van der Waals surface area contributed by atoms with Gasteiger partial charge in [0.15, 0.2) is 0 Å². The van der Waals surface area contributed by atoms with Gasteiger partial charge in [-0.05, 0) is 23.3 Å². The predicted molar refractivity (Wildman–Crippen MR) is 56.0 cm³/mol. The van der Waals surface area contributed by atoms with E-state index in [1.807, 2.05) is 12.1 Å². The van der Waals surface area contributed by atoms with E-state index < -0.39 is 0 Å². The summed E-state index contributed by atoms with van der Waals surface area (Å²) >= 11 is 0.